The van der Waals surface area contributed by atoms with Gasteiger partial charge in [0.1, 0.15) is 6.10 Å². The molecule has 4 N–H and O–H groups in total. The van der Waals surface area contributed by atoms with E-state index in [9.17, 15) is 9.90 Å². The molecule has 4 heteroatoms. The van der Waals surface area contributed by atoms with Crippen LogP contribution < -0.4 is 11.1 Å². The van der Waals surface area contributed by atoms with Crippen LogP contribution in [0.25, 0.3) is 0 Å². The van der Waals surface area contributed by atoms with Gasteiger partial charge in [-0.25, -0.2) is 0 Å². The summed E-state index contributed by atoms with van der Waals surface area (Å²) in [7, 11) is 0. The van der Waals surface area contributed by atoms with Gasteiger partial charge in [-0.05, 0) is 24.7 Å². The number of hydrogen-bond donors (Lipinski definition) is 3. The Hall–Kier alpha value is -0.610. The van der Waals surface area contributed by atoms with Crippen molar-refractivity contribution in [1.82, 2.24) is 5.32 Å². The van der Waals surface area contributed by atoms with Crippen LogP contribution >= 0.6 is 0 Å². The molecule has 1 amide bonds. The van der Waals surface area contributed by atoms with Crippen LogP contribution in [0.2, 0.25) is 0 Å². The number of aliphatic hydroxyl groups excluding tert-OH is 1. The molecular weight excluding hydrogens is 204 g/mol. The summed E-state index contributed by atoms with van der Waals surface area (Å²) in [5.41, 5.74) is 5.00. The van der Waals surface area contributed by atoms with Crippen molar-refractivity contribution < 1.29 is 9.90 Å². The van der Waals surface area contributed by atoms with E-state index in [2.05, 4.69) is 33.0 Å². The molecule has 1 unspecified atom stereocenters. The number of hydrogen-bond acceptors (Lipinski definition) is 3. The third-order valence-electron chi connectivity index (χ3n) is 2.44. The van der Waals surface area contributed by atoms with E-state index in [4.69, 9.17) is 5.73 Å². The molecule has 0 saturated carbocycles. The number of carbonyl (C=O) groups excluding carboxylic acids is 1. The smallest absolute Gasteiger partial charge is 0.247 e. The molecule has 0 bridgehead atoms. The van der Waals surface area contributed by atoms with Crippen molar-refractivity contribution in [3.05, 3.63) is 0 Å². The van der Waals surface area contributed by atoms with Crippen molar-refractivity contribution in [1.29, 1.82) is 0 Å². The van der Waals surface area contributed by atoms with Crippen LogP contribution in [0.4, 0.5) is 0 Å². The lowest BCUT2D eigenvalue weighted by Crippen LogP contribution is -2.42. The third kappa shape index (κ3) is 7.65. The summed E-state index contributed by atoms with van der Waals surface area (Å²) in [4.78, 5) is 10.7. The largest absolute Gasteiger partial charge is 0.382 e. The van der Waals surface area contributed by atoms with Gasteiger partial charge in [-0.3, -0.25) is 4.79 Å². The fourth-order valence-electron chi connectivity index (χ4n) is 1.78. The van der Waals surface area contributed by atoms with E-state index in [1.165, 1.54) is 0 Å². The molecule has 0 aromatic heterocycles. The number of nitrogens with one attached hydrogen (secondary N) is 1. The van der Waals surface area contributed by atoms with Crippen molar-refractivity contribution in [2.75, 3.05) is 6.54 Å². The van der Waals surface area contributed by atoms with Crippen LogP contribution in [0, 0.1) is 11.8 Å². The standard InChI is InChI=1S/C12H26N2O2/c1-8(2)5-10(6-9(3)4)14-7-11(15)12(13)16/h8-11,14-15H,5-7H2,1-4H3,(H2,13,16). The average molecular weight is 230 g/mol. The highest BCUT2D eigenvalue weighted by Gasteiger charge is 2.16. The number of rotatable bonds is 8. The van der Waals surface area contributed by atoms with E-state index in [-0.39, 0.29) is 6.54 Å². The Balaban J connectivity index is 4.05. The number of carbonyl (C=O) groups is 1. The second-order valence-electron chi connectivity index (χ2n) is 5.28. The Morgan fingerprint density at radius 1 is 1.19 bits per heavy atom. The summed E-state index contributed by atoms with van der Waals surface area (Å²) in [5, 5.41) is 12.5. The maximum Gasteiger partial charge on any atom is 0.247 e. The second kappa shape index (κ2) is 7.63. The molecule has 0 aliphatic rings. The molecule has 0 spiro atoms. The Kier molecular flexibility index (Phi) is 7.34. The zero-order valence-corrected chi connectivity index (χ0v) is 10.9. The van der Waals surface area contributed by atoms with E-state index in [1.807, 2.05) is 0 Å². The highest BCUT2D eigenvalue weighted by Crippen LogP contribution is 2.13. The average Bonchev–Trinajstić information content (AvgIpc) is 2.11. The van der Waals surface area contributed by atoms with Crippen LogP contribution in [0.3, 0.4) is 0 Å². The topological polar surface area (TPSA) is 75.3 Å². The summed E-state index contributed by atoms with van der Waals surface area (Å²) < 4.78 is 0. The molecule has 16 heavy (non-hydrogen) atoms. The van der Waals surface area contributed by atoms with E-state index in [1.54, 1.807) is 0 Å². The molecule has 0 aliphatic carbocycles. The van der Waals surface area contributed by atoms with Crippen molar-refractivity contribution in [2.24, 2.45) is 17.6 Å². The molecule has 4 nitrogen and oxygen atoms in total. The van der Waals surface area contributed by atoms with Crippen LogP contribution in [-0.2, 0) is 4.79 Å². The summed E-state index contributed by atoms with van der Waals surface area (Å²) in [6.45, 7) is 8.91. The molecule has 0 saturated heterocycles. The molecule has 0 aliphatic heterocycles. The zero-order valence-electron chi connectivity index (χ0n) is 10.9. The first-order valence-electron chi connectivity index (χ1n) is 6.03. The molecule has 0 fully saturated rings. The fourth-order valence-corrected chi connectivity index (χ4v) is 1.78. The van der Waals surface area contributed by atoms with E-state index >= 15 is 0 Å². The Bertz CT molecular complexity index is 195. The van der Waals surface area contributed by atoms with Gasteiger partial charge in [0, 0.05) is 12.6 Å². The highest BCUT2D eigenvalue weighted by molar-refractivity contribution is 5.78. The lowest BCUT2D eigenvalue weighted by molar-refractivity contribution is -0.125. The van der Waals surface area contributed by atoms with Gasteiger partial charge < -0.3 is 16.2 Å². The van der Waals surface area contributed by atoms with E-state index in [0.717, 1.165) is 12.8 Å². The Morgan fingerprint density at radius 2 is 1.62 bits per heavy atom. The molecule has 0 radical (unpaired) electrons. The normalized spacial score (nSPS) is 13.8. The predicted octanol–water partition coefficient (Wildman–Crippen LogP) is 0.883. The quantitative estimate of drug-likeness (QED) is 0.579. The highest BCUT2D eigenvalue weighted by atomic mass is 16.3. The molecule has 0 rings (SSSR count). The summed E-state index contributed by atoms with van der Waals surface area (Å²) in [5.74, 6) is 0.532. The molecule has 0 aromatic rings. The fraction of sp³-hybridized carbons (Fsp3) is 0.917. The first-order chi connectivity index (χ1) is 7.32. The predicted molar refractivity (Wildman–Crippen MR) is 65.9 cm³/mol. The van der Waals surface area contributed by atoms with Gasteiger partial charge in [-0.1, -0.05) is 27.7 Å². The minimum atomic E-state index is -1.08. The lowest BCUT2D eigenvalue weighted by Gasteiger charge is -2.23. The van der Waals surface area contributed by atoms with Gasteiger partial charge in [0.25, 0.3) is 0 Å². The Labute approximate surface area is 98.6 Å². The SMILES string of the molecule is CC(C)CC(CC(C)C)NCC(O)C(N)=O. The summed E-state index contributed by atoms with van der Waals surface area (Å²) >= 11 is 0. The van der Waals surface area contributed by atoms with E-state index < -0.39 is 12.0 Å². The van der Waals surface area contributed by atoms with Crippen LogP contribution in [0.5, 0.6) is 0 Å². The minimum absolute atomic E-state index is 0.249. The maximum absolute atomic E-state index is 10.7. The Morgan fingerprint density at radius 3 is 1.94 bits per heavy atom. The summed E-state index contributed by atoms with van der Waals surface area (Å²) in [6, 6.07) is 0.342. The number of aliphatic hydroxyl groups is 1. The zero-order chi connectivity index (χ0) is 12.7. The lowest BCUT2D eigenvalue weighted by atomic mass is 9.95. The number of amides is 1. The minimum Gasteiger partial charge on any atom is -0.382 e. The third-order valence-corrected chi connectivity index (χ3v) is 2.44. The number of primary amides is 1. The molecule has 96 valence electrons. The van der Waals surface area contributed by atoms with Gasteiger partial charge >= 0.3 is 0 Å². The molecule has 0 heterocycles. The van der Waals surface area contributed by atoms with Gasteiger partial charge in [0.05, 0.1) is 0 Å². The van der Waals surface area contributed by atoms with Gasteiger partial charge in [-0.15, -0.1) is 0 Å². The van der Waals surface area contributed by atoms with Crippen molar-refractivity contribution in [2.45, 2.75) is 52.7 Å². The molecular formula is C12H26N2O2. The van der Waals surface area contributed by atoms with Crippen LogP contribution in [0.15, 0.2) is 0 Å². The first kappa shape index (κ1) is 15.4. The van der Waals surface area contributed by atoms with Crippen LogP contribution in [-0.4, -0.2) is 29.7 Å². The van der Waals surface area contributed by atoms with Crippen molar-refractivity contribution in [3.63, 3.8) is 0 Å². The van der Waals surface area contributed by atoms with Gasteiger partial charge in [0.15, 0.2) is 0 Å². The second-order valence-corrected chi connectivity index (χ2v) is 5.28. The molecule has 0 aromatic carbocycles. The van der Waals surface area contributed by atoms with Gasteiger partial charge in [-0.2, -0.15) is 0 Å². The van der Waals surface area contributed by atoms with Crippen LogP contribution in [0.1, 0.15) is 40.5 Å². The van der Waals surface area contributed by atoms with E-state index in [0.29, 0.717) is 17.9 Å². The first-order valence-corrected chi connectivity index (χ1v) is 6.03. The maximum atomic E-state index is 10.7. The number of nitrogens with two attached hydrogens (primary N) is 1. The van der Waals surface area contributed by atoms with Crippen molar-refractivity contribution in [3.8, 4) is 0 Å². The van der Waals surface area contributed by atoms with Gasteiger partial charge in [0.2, 0.25) is 5.91 Å². The molecule has 1 atom stereocenters. The van der Waals surface area contributed by atoms with Crippen molar-refractivity contribution >= 4 is 5.91 Å². The summed E-state index contributed by atoms with van der Waals surface area (Å²) in [6.07, 6.45) is 1.01. The monoisotopic (exact) mass is 230 g/mol.